The van der Waals surface area contributed by atoms with Gasteiger partial charge in [0, 0.05) is 11.1 Å². The molecule has 2 rings (SSSR count). The van der Waals surface area contributed by atoms with Crippen molar-refractivity contribution in [2.75, 3.05) is 5.32 Å². The maximum Gasteiger partial charge on any atom is 0.238 e. The molecular formula is C16H18N2OS. The van der Waals surface area contributed by atoms with Crippen LogP contribution in [-0.2, 0) is 4.79 Å². The molecule has 0 saturated carbocycles. The molecule has 1 aromatic heterocycles. The van der Waals surface area contributed by atoms with Gasteiger partial charge in [-0.1, -0.05) is 17.7 Å². The van der Waals surface area contributed by atoms with Gasteiger partial charge in [-0.15, -0.1) is 11.8 Å². The molecular weight excluding hydrogens is 268 g/mol. The van der Waals surface area contributed by atoms with Gasteiger partial charge in [0.1, 0.15) is 5.82 Å². The Kier molecular flexibility index (Phi) is 4.79. The number of carbonyl (C=O) groups is 1. The van der Waals surface area contributed by atoms with E-state index in [1.54, 1.807) is 18.0 Å². The van der Waals surface area contributed by atoms with E-state index in [1.165, 1.54) is 5.56 Å². The van der Waals surface area contributed by atoms with Crippen molar-refractivity contribution in [1.82, 2.24) is 4.98 Å². The van der Waals surface area contributed by atoms with Gasteiger partial charge in [0.05, 0.1) is 5.25 Å². The van der Waals surface area contributed by atoms with Gasteiger partial charge in [-0.05, 0) is 50.6 Å². The summed E-state index contributed by atoms with van der Waals surface area (Å²) < 4.78 is 0. The molecule has 0 bridgehead atoms. The number of pyridine rings is 1. The van der Waals surface area contributed by atoms with E-state index < -0.39 is 0 Å². The summed E-state index contributed by atoms with van der Waals surface area (Å²) in [5.74, 6) is 0.569. The monoisotopic (exact) mass is 286 g/mol. The molecule has 0 fully saturated rings. The fourth-order valence-electron chi connectivity index (χ4n) is 1.71. The van der Waals surface area contributed by atoms with Crippen LogP contribution in [0.15, 0.2) is 47.5 Å². The molecule has 1 atom stereocenters. The molecule has 0 radical (unpaired) electrons. The van der Waals surface area contributed by atoms with Crippen molar-refractivity contribution in [3.63, 3.8) is 0 Å². The van der Waals surface area contributed by atoms with Gasteiger partial charge in [0.2, 0.25) is 5.91 Å². The predicted molar refractivity (Wildman–Crippen MR) is 84.1 cm³/mol. The fraction of sp³-hybridized carbons (Fsp3) is 0.250. The number of carbonyl (C=O) groups excluding carboxylic acids is 1. The third-order valence-corrected chi connectivity index (χ3v) is 3.98. The third-order valence-electron chi connectivity index (χ3n) is 2.87. The van der Waals surface area contributed by atoms with Crippen LogP contribution in [0.1, 0.15) is 18.1 Å². The molecule has 0 aliphatic carbocycles. The Morgan fingerprint density at radius 2 is 1.85 bits per heavy atom. The van der Waals surface area contributed by atoms with Gasteiger partial charge < -0.3 is 5.32 Å². The molecule has 1 aromatic carbocycles. The summed E-state index contributed by atoms with van der Waals surface area (Å²) in [6, 6.07) is 11.9. The molecule has 1 unspecified atom stereocenters. The van der Waals surface area contributed by atoms with E-state index >= 15 is 0 Å². The second kappa shape index (κ2) is 6.57. The number of hydrogen-bond donors (Lipinski definition) is 1. The van der Waals surface area contributed by atoms with Gasteiger partial charge >= 0.3 is 0 Å². The van der Waals surface area contributed by atoms with E-state index in [2.05, 4.69) is 22.4 Å². The van der Waals surface area contributed by atoms with Gasteiger partial charge in [0.25, 0.3) is 0 Å². The summed E-state index contributed by atoms with van der Waals surface area (Å²) in [7, 11) is 0. The van der Waals surface area contributed by atoms with E-state index in [9.17, 15) is 4.79 Å². The number of thioether (sulfide) groups is 1. The Bertz CT molecular complexity index is 596. The van der Waals surface area contributed by atoms with Crippen LogP contribution in [-0.4, -0.2) is 16.1 Å². The number of benzene rings is 1. The van der Waals surface area contributed by atoms with Crippen LogP contribution in [0, 0.1) is 13.8 Å². The Morgan fingerprint density at radius 1 is 1.15 bits per heavy atom. The molecule has 104 valence electrons. The number of anilines is 1. The zero-order chi connectivity index (χ0) is 14.5. The molecule has 1 amide bonds. The highest BCUT2D eigenvalue weighted by molar-refractivity contribution is 8.00. The minimum absolute atomic E-state index is 0.0336. The number of aryl methyl sites for hydroxylation is 2. The number of aromatic nitrogens is 1. The first-order chi connectivity index (χ1) is 9.54. The van der Waals surface area contributed by atoms with Crippen LogP contribution in [0.3, 0.4) is 0 Å². The van der Waals surface area contributed by atoms with Crippen molar-refractivity contribution in [2.24, 2.45) is 0 Å². The first-order valence-corrected chi connectivity index (χ1v) is 7.39. The summed E-state index contributed by atoms with van der Waals surface area (Å²) >= 11 is 1.54. The minimum Gasteiger partial charge on any atom is -0.310 e. The van der Waals surface area contributed by atoms with Crippen LogP contribution >= 0.6 is 11.8 Å². The van der Waals surface area contributed by atoms with E-state index in [4.69, 9.17) is 0 Å². The summed E-state index contributed by atoms with van der Waals surface area (Å²) in [6.07, 6.45) is 1.70. The number of rotatable bonds is 4. The lowest BCUT2D eigenvalue weighted by Crippen LogP contribution is -2.22. The zero-order valence-electron chi connectivity index (χ0n) is 11.9. The van der Waals surface area contributed by atoms with Crippen LogP contribution in [0.2, 0.25) is 0 Å². The van der Waals surface area contributed by atoms with Crippen LogP contribution in [0.25, 0.3) is 0 Å². The van der Waals surface area contributed by atoms with Gasteiger partial charge in [-0.25, -0.2) is 4.98 Å². The highest BCUT2D eigenvalue weighted by Gasteiger charge is 2.14. The lowest BCUT2D eigenvalue weighted by molar-refractivity contribution is -0.115. The number of amides is 1. The smallest absolute Gasteiger partial charge is 0.238 e. The van der Waals surface area contributed by atoms with Crippen molar-refractivity contribution in [3.8, 4) is 0 Å². The summed E-state index contributed by atoms with van der Waals surface area (Å²) in [4.78, 5) is 17.4. The fourth-order valence-corrected chi connectivity index (χ4v) is 2.57. The topological polar surface area (TPSA) is 42.0 Å². The number of hydrogen-bond acceptors (Lipinski definition) is 3. The molecule has 0 aliphatic heterocycles. The Morgan fingerprint density at radius 3 is 2.50 bits per heavy atom. The van der Waals surface area contributed by atoms with Gasteiger partial charge in [0.15, 0.2) is 0 Å². The van der Waals surface area contributed by atoms with Gasteiger partial charge in [-0.3, -0.25) is 4.79 Å². The third kappa shape index (κ3) is 4.10. The normalized spacial score (nSPS) is 11.9. The highest BCUT2D eigenvalue weighted by atomic mass is 32.2. The van der Waals surface area contributed by atoms with Crippen LogP contribution in [0.5, 0.6) is 0 Å². The van der Waals surface area contributed by atoms with E-state index in [-0.39, 0.29) is 11.2 Å². The average Bonchev–Trinajstić information content (AvgIpc) is 2.41. The average molecular weight is 286 g/mol. The second-order valence-electron chi connectivity index (χ2n) is 4.78. The first-order valence-electron chi connectivity index (χ1n) is 6.51. The van der Waals surface area contributed by atoms with Crippen molar-refractivity contribution in [3.05, 3.63) is 53.7 Å². The lowest BCUT2D eigenvalue weighted by Gasteiger charge is -2.12. The summed E-state index contributed by atoms with van der Waals surface area (Å²) in [5.41, 5.74) is 2.30. The lowest BCUT2D eigenvalue weighted by atomic mass is 10.2. The molecule has 2 aromatic rings. The second-order valence-corrected chi connectivity index (χ2v) is 6.20. The predicted octanol–water partition coefficient (Wildman–Crippen LogP) is 3.82. The molecule has 1 N–H and O–H groups in total. The maximum atomic E-state index is 12.1. The quantitative estimate of drug-likeness (QED) is 0.869. The summed E-state index contributed by atoms with van der Waals surface area (Å²) in [6.45, 7) is 5.92. The molecule has 3 nitrogen and oxygen atoms in total. The van der Waals surface area contributed by atoms with Crippen LogP contribution < -0.4 is 5.32 Å². The van der Waals surface area contributed by atoms with E-state index in [0.29, 0.717) is 5.82 Å². The van der Waals surface area contributed by atoms with E-state index in [0.717, 1.165) is 10.5 Å². The van der Waals surface area contributed by atoms with Crippen molar-refractivity contribution < 1.29 is 4.79 Å². The molecule has 4 heteroatoms. The largest absolute Gasteiger partial charge is 0.310 e. The molecule has 0 spiro atoms. The number of nitrogens with one attached hydrogen (secondary N) is 1. The SMILES string of the molecule is Cc1ccc(SC(C)C(=O)Nc2cc(C)ccn2)cc1. The molecule has 20 heavy (non-hydrogen) atoms. The maximum absolute atomic E-state index is 12.1. The Hall–Kier alpha value is -1.81. The van der Waals surface area contributed by atoms with E-state index in [1.807, 2.05) is 45.0 Å². The molecule has 1 heterocycles. The highest BCUT2D eigenvalue weighted by Crippen LogP contribution is 2.24. The number of nitrogens with zero attached hydrogens (tertiary/aromatic N) is 1. The molecule has 0 aliphatic rings. The Labute approximate surface area is 123 Å². The first kappa shape index (κ1) is 14.6. The summed E-state index contributed by atoms with van der Waals surface area (Å²) in [5, 5.41) is 2.68. The zero-order valence-corrected chi connectivity index (χ0v) is 12.7. The van der Waals surface area contributed by atoms with Crippen molar-refractivity contribution in [1.29, 1.82) is 0 Å². The van der Waals surface area contributed by atoms with Crippen LogP contribution in [0.4, 0.5) is 5.82 Å². The Balaban J connectivity index is 1.96. The standard InChI is InChI=1S/C16H18N2OS/c1-11-4-6-14(7-5-11)20-13(3)16(19)18-15-10-12(2)8-9-17-15/h4-10,13H,1-3H3,(H,17,18,19). The minimum atomic E-state index is -0.167. The van der Waals surface area contributed by atoms with Crippen molar-refractivity contribution >= 4 is 23.5 Å². The molecule has 0 saturated heterocycles. The van der Waals surface area contributed by atoms with Gasteiger partial charge in [-0.2, -0.15) is 0 Å². The van der Waals surface area contributed by atoms with Crippen molar-refractivity contribution in [2.45, 2.75) is 30.9 Å².